The first-order valence-electron chi connectivity index (χ1n) is 17.6. The van der Waals surface area contributed by atoms with Gasteiger partial charge in [-0.15, -0.1) is 0 Å². The van der Waals surface area contributed by atoms with Crippen LogP contribution in [0.3, 0.4) is 0 Å². The van der Waals surface area contributed by atoms with Crippen LogP contribution in [0, 0.1) is 6.92 Å². The first-order chi connectivity index (χ1) is 27.3. The van der Waals surface area contributed by atoms with Crippen LogP contribution in [0.5, 0.6) is 0 Å². The number of hydrogen-bond donors (Lipinski definition) is 1. The van der Waals surface area contributed by atoms with Gasteiger partial charge < -0.3 is 4.74 Å². The predicted octanol–water partition coefficient (Wildman–Crippen LogP) is 6.40. The fourth-order valence-electron chi connectivity index (χ4n) is 6.23. The molecule has 1 fully saturated rings. The summed E-state index contributed by atoms with van der Waals surface area (Å²) in [6, 6.07) is 30.4. The first-order valence-corrected chi connectivity index (χ1v) is 22.1. The van der Waals surface area contributed by atoms with Gasteiger partial charge in [0.1, 0.15) is 16.7 Å². The second kappa shape index (κ2) is 18.0. The number of aromatic nitrogens is 2. The second-order valence-electron chi connectivity index (χ2n) is 13.0. The van der Waals surface area contributed by atoms with Crippen molar-refractivity contribution in [3.63, 3.8) is 0 Å². The van der Waals surface area contributed by atoms with Gasteiger partial charge in [0.15, 0.2) is 19.7 Å². The molecule has 0 saturated carbocycles. The van der Waals surface area contributed by atoms with Gasteiger partial charge in [-0.05, 0) is 47.8 Å². The normalized spacial score (nSPS) is 19.2. The molecule has 0 bridgehead atoms. The van der Waals surface area contributed by atoms with Crippen molar-refractivity contribution in [2.24, 2.45) is 5.11 Å². The fourth-order valence-corrected chi connectivity index (χ4v) is 10.9. The van der Waals surface area contributed by atoms with Crippen LogP contribution in [0.4, 0.5) is 0 Å². The largest absolute Gasteiger partial charge is 0.474 e. The number of aryl methyl sites for hydroxylation is 1. The molecule has 1 saturated heterocycles. The number of rotatable bonds is 17. The summed E-state index contributed by atoms with van der Waals surface area (Å²) < 4.78 is 95.8. The SMILES string of the molecule is Cc1cn([C@H]2CC(N=[N+]=[N-])[C@@H](COP(=O)(OCC(c3ccccc3)S(=O)(=O)c3ccccc3)OCC(c3ccccc3)S(=O)(=O)c3ccccc3)O2)c(=O)[nH]c1=O. The van der Waals surface area contributed by atoms with Gasteiger partial charge in [-0.25, -0.2) is 26.2 Å². The molecular formula is C38H38N5O11PS2. The van der Waals surface area contributed by atoms with Gasteiger partial charge in [0.05, 0.1) is 41.8 Å². The Kier molecular flexibility index (Phi) is 13.1. The minimum atomic E-state index is -4.96. The Balaban J connectivity index is 1.34. The van der Waals surface area contributed by atoms with Crippen LogP contribution in [-0.4, -0.2) is 58.4 Å². The number of aromatic amines is 1. The van der Waals surface area contributed by atoms with Gasteiger partial charge in [0.25, 0.3) is 5.56 Å². The predicted molar refractivity (Wildman–Crippen MR) is 209 cm³/mol. The van der Waals surface area contributed by atoms with Crippen LogP contribution in [0.2, 0.25) is 0 Å². The number of nitrogens with zero attached hydrogens (tertiary/aromatic N) is 4. The van der Waals surface area contributed by atoms with Crippen LogP contribution >= 0.6 is 7.82 Å². The summed E-state index contributed by atoms with van der Waals surface area (Å²) >= 11 is 0. The third kappa shape index (κ3) is 9.70. The zero-order valence-corrected chi connectivity index (χ0v) is 32.9. The van der Waals surface area contributed by atoms with Crippen molar-refractivity contribution < 1.29 is 39.7 Å². The number of phosphoric acid groups is 1. The molecule has 0 aliphatic carbocycles. The van der Waals surface area contributed by atoms with E-state index in [0.29, 0.717) is 11.1 Å². The molecule has 5 aromatic rings. The van der Waals surface area contributed by atoms with E-state index in [2.05, 4.69) is 15.0 Å². The molecular weight excluding hydrogens is 798 g/mol. The van der Waals surface area contributed by atoms with E-state index in [1.54, 1.807) is 97.1 Å². The van der Waals surface area contributed by atoms with Crippen LogP contribution < -0.4 is 11.2 Å². The minimum absolute atomic E-state index is 0.0347. The summed E-state index contributed by atoms with van der Waals surface area (Å²) in [6.07, 6.45) is -0.976. The Morgan fingerprint density at radius 3 is 1.70 bits per heavy atom. The van der Waals surface area contributed by atoms with E-state index in [-0.39, 0.29) is 21.8 Å². The van der Waals surface area contributed by atoms with Gasteiger partial charge >= 0.3 is 13.5 Å². The van der Waals surface area contributed by atoms with Crippen molar-refractivity contribution in [3.05, 3.63) is 175 Å². The lowest BCUT2D eigenvalue weighted by Gasteiger charge is -2.26. The van der Waals surface area contributed by atoms with Crippen molar-refractivity contribution in [2.45, 2.75) is 52.0 Å². The van der Waals surface area contributed by atoms with Crippen LogP contribution in [0.15, 0.2) is 152 Å². The molecule has 19 heteroatoms. The summed E-state index contributed by atoms with van der Waals surface area (Å²) in [5, 5.41) is 0.904. The van der Waals surface area contributed by atoms with Gasteiger partial charge in [-0.1, -0.05) is 102 Å². The lowest BCUT2D eigenvalue weighted by atomic mass is 10.1. The third-order valence-corrected chi connectivity index (χ3v) is 14.8. The quantitative estimate of drug-likeness (QED) is 0.0467. The van der Waals surface area contributed by atoms with E-state index in [1.807, 2.05) is 0 Å². The Morgan fingerprint density at radius 2 is 1.25 bits per heavy atom. The molecule has 6 rings (SSSR count). The van der Waals surface area contributed by atoms with Crippen LogP contribution in [-0.2, 0) is 42.5 Å². The van der Waals surface area contributed by atoms with Gasteiger partial charge in [0, 0.05) is 23.1 Å². The average Bonchev–Trinajstić information content (AvgIpc) is 3.62. The summed E-state index contributed by atoms with van der Waals surface area (Å²) in [7, 11) is -13.4. The fraction of sp³-hybridized carbons (Fsp3) is 0.263. The maximum Gasteiger partial charge on any atom is 0.474 e. The van der Waals surface area contributed by atoms with Gasteiger partial charge in [-0.3, -0.25) is 27.9 Å². The molecule has 5 atom stereocenters. The first kappa shape index (κ1) is 41.5. The average molecular weight is 836 g/mol. The monoisotopic (exact) mass is 835 g/mol. The van der Waals surface area contributed by atoms with Crippen molar-refractivity contribution >= 4 is 27.5 Å². The summed E-state index contributed by atoms with van der Waals surface area (Å²) in [4.78, 5) is 29.7. The molecule has 0 spiro atoms. The molecule has 57 heavy (non-hydrogen) atoms. The van der Waals surface area contributed by atoms with Gasteiger partial charge in [-0.2, -0.15) is 0 Å². The number of ether oxygens (including phenoxy) is 1. The van der Waals surface area contributed by atoms with Crippen LogP contribution in [0.1, 0.15) is 39.8 Å². The zero-order valence-electron chi connectivity index (χ0n) is 30.4. The third-order valence-electron chi connectivity index (χ3n) is 9.26. The van der Waals surface area contributed by atoms with Crippen molar-refractivity contribution in [1.29, 1.82) is 0 Å². The number of phosphoric ester groups is 1. The Labute approximate surface area is 328 Å². The summed E-state index contributed by atoms with van der Waals surface area (Å²) in [5.41, 5.74) is 8.77. The number of sulfone groups is 2. The van der Waals surface area contributed by atoms with Crippen molar-refractivity contribution in [1.82, 2.24) is 9.55 Å². The van der Waals surface area contributed by atoms with Crippen LogP contribution in [0.25, 0.3) is 10.4 Å². The smallest absolute Gasteiger partial charge is 0.352 e. The lowest BCUT2D eigenvalue weighted by molar-refractivity contribution is -0.0304. The van der Waals surface area contributed by atoms with E-state index in [9.17, 15) is 36.5 Å². The summed E-state index contributed by atoms with van der Waals surface area (Å²) in [5.74, 6) is 0. The second-order valence-corrected chi connectivity index (χ2v) is 18.9. The molecule has 1 aliphatic heterocycles. The van der Waals surface area contributed by atoms with E-state index >= 15 is 0 Å². The van der Waals surface area contributed by atoms with E-state index in [1.165, 1.54) is 37.4 Å². The molecule has 298 valence electrons. The van der Waals surface area contributed by atoms with E-state index in [4.69, 9.17) is 18.3 Å². The molecule has 16 nitrogen and oxygen atoms in total. The van der Waals surface area contributed by atoms with Gasteiger partial charge in [0.2, 0.25) is 0 Å². The van der Waals surface area contributed by atoms with Crippen molar-refractivity contribution in [3.8, 4) is 0 Å². The maximum atomic E-state index is 14.8. The minimum Gasteiger partial charge on any atom is -0.352 e. The number of H-pyrrole nitrogens is 1. The topological polar surface area (TPSA) is 226 Å². The Hall–Kier alpha value is -5.16. The van der Waals surface area contributed by atoms with Crippen molar-refractivity contribution in [2.75, 3.05) is 19.8 Å². The highest BCUT2D eigenvalue weighted by molar-refractivity contribution is 7.92. The number of azide groups is 1. The maximum absolute atomic E-state index is 14.8. The molecule has 1 aromatic heterocycles. The highest BCUT2D eigenvalue weighted by Gasteiger charge is 2.42. The van der Waals surface area contributed by atoms with E-state index in [0.717, 1.165) is 4.57 Å². The Morgan fingerprint density at radius 1 is 0.789 bits per heavy atom. The Bertz CT molecular complexity index is 2470. The zero-order chi connectivity index (χ0) is 40.6. The molecule has 1 N–H and O–H groups in total. The number of benzene rings is 4. The molecule has 4 aromatic carbocycles. The standard InChI is InChI=1S/C38H38N5O11PS2/c1-27-23-43(38(45)40-37(27)44)36-22-32(41-42-39)33(54-36)24-51-55(46,52-25-34(28-14-6-2-7-15-28)56(47,48)30-18-10-4-11-19-30)53-26-35(29-16-8-3-9-17-29)57(49,50)31-20-12-5-13-21-31/h2-21,23,32-36H,22,24-26H2,1H3,(H,40,44,45)/t32?,33-,34?,35?,36-,55?/m1/s1. The number of nitrogens with one attached hydrogen (secondary N) is 1. The highest BCUT2D eigenvalue weighted by atomic mass is 32.2. The number of hydrogen-bond acceptors (Lipinski definition) is 12. The molecule has 2 heterocycles. The lowest BCUT2D eigenvalue weighted by Crippen LogP contribution is -2.33. The highest BCUT2D eigenvalue weighted by Crippen LogP contribution is 2.53. The van der Waals surface area contributed by atoms with E-state index < -0.39 is 87.4 Å². The summed E-state index contributed by atoms with van der Waals surface area (Å²) in [6.45, 7) is -0.682. The molecule has 3 unspecified atom stereocenters. The molecule has 1 aliphatic rings. The molecule has 0 amide bonds. The molecule has 0 radical (unpaired) electrons.